The van der Waals surface area contributed by atoms with Crippen LogP contribution in [0.4, 0.5) is 4.79 Å². The predicted molar refractivity (Wildman–Crippen MR) is 106 cm³/mol. The van der Waals surface area contributed by atoms with E-state index in [-0.39, 0.29) is 6.03 Å². The number of fused-ring (bicyclic) bond motifs is 1. The molecule has 1 saturated heterocycles. The van der Waals surface area contributed by atoms with Crippen LogP contribution in [-0.2, 0) is 9.31 Å². The van der Waals surface area contributed by atoms with Crippen LogP contribution in [0.2, 0.25) is 0 Å². The van der Waals surface area contributed by atoms with Gasteiger partial charge in [0.25, 0.3) is 0 Å². The van der Waals surface area contributed by atoms with Crippen LogP contribution >= 0.6 is 0 Å². The van der Waals surface area contributed by atoms with E-state index in [4.69, 9.17) is 9.31 Å². The summed E-state index contributed by atoms with van der Waals surface area (Å²) in [5, 5.41) is 1.05. The van der Waals surface area contributed by atoms with E-state index in [0.29, 0.717) is 13.1 Å². The van der Waals surface area contributed by atoms with Gasteiger partial charge in [0.15, 0.2) is 0 Å². The summed E-state index contributed by atoms with van der Waals surface area (Å²) in [7, 11) is -0.577. The summed E-state index contributed by atoms with van der Waals surface area (Å²) >= 11 is 0. The molecule has 5 nitrogen and oxygen atoms in total. The fourth-order valence-electron chi connectivity index (χ4n) is 3.50. The lowest BCUT2D eigenvalue weighted by molar-refractivity contribution is 0.00578. The van der Waals surface area contributed by atoms with Gasteiger partial charge in [0.2, 0.25) is 0 Å². The molecule has 1 aliphatic heterocycles. The van der Waals surface area contributed by atoms with Gasteiger partial charge in [-0.15, -0.1) is 0 Å². The summed E-state index contributed by atoms with van der Waals surface area (Å²) < 4.78 is 14.3. The lowest BCUT2D eigenvalue weighted by atomic mass is 9.81. The minimum atomic E-state index is -0.577. The van der Waals surface area contributed by atoms with Gasteiger partial charge < -0.3 is 14.2 Å². The van der Waals surface area contributed by atoms with Gasteiger partial charge in [-0.25, -0.2) is 4.79 Å². The number of nitrogens with zero attached hydrogens (tertiary/aromatic N) is 2. The molecule has 1 amide bonds. The number of aryl methyl sites for hydroxylation is 1. The highest BCUT2D eigenvalue weighted by Crippen LogP contribution is 2.37. The maximum absolute atomic E-state index is 13.3. The lowest BCUT2D eigenvalue weighted by Crippen LogP contribution is -2.46. The molecular formula is C20H29BN2O3. The third-order valence-corrected chi connectivity index (χ3v) is 5.88. The summed E-state index contributed by atoms with van der Waals surface area (Å²) in [6.45, 7) is 15.5. The van der Waals surface area contributed by atoms with Crippen LogP contribution in [0.1, 0.15) is 47.1 Å². The summed E-state index contributed by atoms with van der Waals surface area (Å²) in [5.41, 5.74) is 1.81. The average molecular weight is 356 g/mol. The molecule has 1 aliphatic rings. The van der Waals surface area contributed by atoms with Crippen LogP contribution in [0.25, 0.3) is 10.9 Å². The monoisotopic (exact) mass is 356 g/mol. The standard InChI is InChI=1S/C20H29BN2O3/c1-8-22(9-2)18(24)23-16-13-11-10-12-15(16)14(3)17(23)21-25-19(4,5)20(6,7)26-21/h10-13H,8-9H2,1-7H3. The van der Waals surface area contributed by atoms with Crippen molar-refractivity contribution in [2.24, 2.45) is 0 Å². The minimum absolute atomic E-state index is 0.0380. The van der Waals surface area contributed by atoms with Crippen molar-refractivity contribution in [2.45, 2.75) is 59.7 Å². The van der Waals surface area contributed by atoms with Crippen molar-refractivity contribution in [2.75, 3.05) is 13.1 Å². The first-order chi connectivity index (χ1) is 12.1. The Hall–Kier alpha value is -1.79. The van der Waals surface area contributed by atoms with Crippen molar-refractivity contribution in [3.05, 3.63) is 29.8 Å². The SMILES string of the molecule is CCN(CC)C(=O)n1c(B2OC(C)(C)C(C)(C)O2)c(C)c2ccccc21. The Balaban J connectivity index is 2.21. The highest BCUT2D eigenvalue weighted by molar-refractivity contribution is 6.63. The van der Waals surface area contributed by atoms with Crippen LogP contribution < -0.4 is 5.59 Å². The second-order valence-electron chi connectivity index (χ2n) is 7.91. The number of carbonyl (C=O) groups is 1. The summed E-state index contributed by atoms with van der Waals surface area (Å²) in [6, 6.07) is 7.95. The molecule has 0 aliphatic carbocycles. The number of benzene rings is 1. The highest BCUT2D eigenvalue weighted by Gasteiger charge is 2.53. The Morgan fingerprint density at radius 2 is 1.62 bits per heavy atom. The van der Waals surface area contributed by atoms with E-state index >= 15 is 0 Å². The van der Waals surface area contributed by atoms with Gasteiger partial charge in [-0.2, -0.15) is 0 Å². The van der Waals surface area contributed by atoms with E-state index in [1.165, 1.54) is 0 Å². The van der Waals surface area contributed by atoms with Crippen LogP contribution in [-0.4, -0.2) is 46.9 Å². The summed E-state index contributed by atoms with van der Waals surface area (Å²) in [6.07, 6.45) is 0. The van der Waals surface area contributed by atoms with E-state index in [9.17, 15) is 4.79 Å². The number of hydrogen-bond donors (Lipinski definition) is 0. The molecule has 0 N–H and O–H groups in total. The van der Waals surface area contributed by atoms with Crippen molar-refractivity contribution in [3.8, 4) is 0 Å². The largest absolute Gasteiger partial charge is 0.513 e. The molecule has 0 bridgehead atoms. The molecule has 2 heterocycles. The van der Waals surface area contributed by atoms with E-state index in [1.54, 1.807) is 4.57 Å². The normalized spacial score (nSPS) is 18.5. The van der Waals surface area contributed by atoms with Gasteiger partial charge in [-0.3, -0.25) is 4.57 Å². The number of amides is 1. The molecular weight excluding hydrogens is 327 g/mol. The molecule has 3 rings (SSSR count). The third kappa shape index (κ3) is 2.76. The second kappa shape index (κ2) is 6.43. The molecule has 0 spiro atoms. The molecule has 0 saturated carbocycles. The van der Waals surface area contributed by atoms with Crippen molar-refractivity contribution >= 4 is 29.6 Å². The zero-order chi connectivity index (χ0) is 19.3. The molecule has 26 heavy (non-hydrogen) atoms. The Labute approximate surface area is 156 Å². The lowest BCUT2D eigenvalue weighted by Gasteiger charge is -2.32. The smallest absolute Gasteiger partial charge is 0.398 e. The maximum Gasteiger partial charge on any atom is 0.513 e. The van der Waals surface area contributed by atoms with Crippen LogP contribution in [0.3, 0.4) is 0 Å². The quantitative estimate of drug-likeness (QED) is 0.790. The molecule has 0 atom stereocenters. The number of hydrogen-bond acceptors (Lipinski definition) is 3. The highest BCUT2D eigenvalue weighted by atomic mass is 16.7. The van der Waals surface area contributed by atoms with Crippen molar-refractivity contribution < 1.29 is 14.1 Å². The number of carbonyl (C=O) groups excluding carboxylic acids is 1. The summed E-state index contributed by atoms with van der Waals surface area (Å²) in [4.78, 5) is 15.1. The Morgan fingerprint density at radius 1 is 1.08 bits per heavy atom. The fraction of sp³-hybridized carbons (Fsp3) is 0.550. The topological polar surface area (TPSA) is 43.7 Å². The molecule has 1 aromatic carbocycles. The van der Waals surface area contributed by atoms with Gasteiger partial charge >= 0.3 is 13.1 Å². The molecule has 2 aromatic rings. The molecule has 0 unspecified atom stereocenters. The van der Waals surface area contributed by atoms with E-state index in [0.717, 1.165) is 22.1 Å². The maximum atomic E-state index is 13.3. The van der Waals surface area contributed by atoms with Crippen LogP contribution in [0.15, 0.2) is 24.3 Å². The Kier molecular flexibility index (Phi) is 4.70. The number of rotatable bonds is 3. The zero-order valence-corrected chi connectivity index (χ0v) is 16.9. The predicted octanol–water partition coefficient (Wildman–Crippen LogP) is 3.56. The van der Waals surface area contributed by atoms with Gasteiger partial charge in [-0.1, -0.05) is 18.2 Å². The number of para-hydroxylation sites is 1. The zero-order valence-electron chi connectivity index (χ0n) is 16.9. The van der Waals surface area contributed by atoms with Crippen molar-refractivity contribution in [1.82, 2.24) is 9.47 Å². The first-order valence-corrected chi connectivity index (χ1v) is 9.39. The van der Waals surface area contributed by atoms with E-state index < -0.39 is 18.3 Å². The number of aromatic nitrogens is 1. The van der Waals surface area contributed by atoms with Crippen molar-refractivity contribution in [3.63, 3.8) is 0 Å². The molecule has 6 heteroatoms. The van der Waals surface area contributed by atoms with Crippen LogP contribution in [0, 0.1) is 6.92 Å². The Bertz CT molecular complexity index is 821. The minimum Gasteiger partial charge on any atom is -0.398 e. The molecule has 0 radical (unpaired) electrons. The Morgan fingerprint density at radius 3 is 2.15 bits per heavy atom. The molecule has 1 aromatic heterocycles. The molecule has 140 valence electrons. The van der Waals surface area contributed by atoms with Gasteiger partial charge in [0.1, 0.15) is 0 Å². The fourth-order valence-corrected chi connectivity index (χ4v) is 3.50. The third-order valence-electron chi connectivity index (χ3n) is 5.88. The van der Waals surface area contributed by atoms with Gasteiger partial charge in [-0.05, 0) is 60.1 Å². The first-order valence-electron chi connectivity index (χ1n) is 9.39. The average Bonchev–Trinajstić information content (AvgIpc) is 2.99. The molecule has 1 fully saturated rings. The van der Waals surface area contributed by atoms with Crippen LogP contribution in [0.5, 0.6) is 0 Å². The van der Waals surface area contributed by atoms with E-state index in [1.807, 2.05) is 77.6 Å². The first kappa shape index (κ1) is 19.0. The van der Waals surface area contributed by atoms with Crippen molar-refractivity contribution in [1.29, 1.82) is 0 Å². The summed E-state index contributed by atoms with van der Waals surface area (Å²) in [5.74, 6) is 0. The van der Waals surface area contributed by atoms with Gasteiger partial charge in [0.05, 0.1) is 22.3 Å². The van der Waals surface area contributed by atoms with E-state index in [2.05, 4.69) is 0 Å². The second-order valence-corrected chi connectivity index (χ2v) is 7.91. The van der Waals surface area contributed by atoms with Gasteiger partial charge in [0, 0.05) is 18.5 Å².